The largest absolute Gasteiger partial charge is 0.497 e. The summed E-state index contributed by atoms with van der Waals surface area (Å²) in [5.41, 5.74) is 3.22. The summed E-state index contributed by atoms with van der Waals surface area (Å²) < 4.78 is 5.31. The minimum absolute atomic E-state index is 0.0481. The smallest absolute Gasteiger partial charge is 0.174 e. The summed E-state index contributed by atoms with van der Waals surface area (Å²) in [6, 6.07) is 15.8. The topological polar surface area (TPSA) is 24.5 Å². The molecule has 7 heteroatoms. The number of thiocarbonyl (C=S) groups is 1. The number of nitrogens with one attached hydrogen (secondary N) is 1. The van der Waals surface area contributed by atoms with Gasteiger partial charge in [0, 0.05) is 16.4 Å². The van der Waals surface area contributed by atoms with Crippen molar-refractivity contribution >= 4 is 57.6 Å². The van der Waals surface area contributed by atoms with Gasteiger partial charge in [-0.1, -0.05) is 35.3 Å². The lowest BCUT2D eigenvalue weighted by molar-refractivity contribution is 0.346. The highest BCUT2D eigenvalue weighted by Crippen LogP contribution is 2.39. The maximum atomic E-state index is 6.33. The molecule has 3 nitrogen and oxygen atoms in total. The van der Waals surface area contributed by atoms with Crippen LogP contribution in [-0.2, 0) is 6.42 Å². The van der Waals surface area contributed by atoms with E-state index in [1.165, 1.54) is 16.0 Å². The highest BCUT2D eigenvalue weighted by molar-refractivity contribution is 7.80. The van der Waals surface area contributed by atoms with Gasteiger partial charge < -0.3 is 15.0 Å². The van der Waals surface area contributed by atoms with E-state index in [-0.39, 0.29) is 6.04 Å². The summed E-state index contributed by atoms with van der Waals surface area (Å²) in [5, 5.41) is 7.23. The predicted molar refractivity (Wildman–Crippen MR) is 122 cm³/mol. The molecule has 0 aliphatic carbocycles. The van der Waals surface area contributed by atoms with Crippen LogP contribution in [0.1, 0.15) is 22.0 Å². The molecular formula is C21H18Cl2N2OS2. The number of methoxy groups -OCH3 is 1. The Balaban J connectivity index is 1.66. The van der Waals surface area contributed by atoms with Crippen LogP contribution in [0.25, 0.3) is 0 Å². The molecule has 0 bridgehead atoms. The normalized spacial score (nSPS) is 15.8. The van der Waals surface area contributed by atoms with Crippen molar-refractivity contribution in [2.45, 2.75) is 12.5 Å². The van der Waals surface area contributed by atoms with Gasteiger partial charge in [0.25, 0.3) is 0 Å². The van der Waals surface area contributed by atoms with Crippen molar-refractivity contribution in [3.63, 3.8) is 0 Å². The monoisotopic (exact) mass is 448 g/mol. The zero-order chi connectivity index (χ0) is 19.7. The van der Waals surface area contributed by atoms with Gasteiger partial charge in [0.2, 0.25) is 0 Å². The highest BCUT2D eigenvalue weighted by Gasteiger charge is 2.31. The summed E-state index contributed by atoms with van der Waals surface area (Å²) >= 11 is 19.9. The SMILES string of the molecule is COc1ccc([C@@H]2c3ccsc3CCN2C(=S)Nc2ccc(Cl)cc2Cl)cc1. The molecule has 3 aromatic rings. The second kappa shape index (κ2) is 8.29. The van der Waals surface area contributed by atoms with Crippen LogP contribution >= 0.6 is 46.8 Å². The Morgan fingerprint density at radius 1 is 1.18 bits per heavy atom. The molecule has 1 aromatic heterocycles. The quantitative estimate of drug-likeness (QED) is 0.467. The van der Waals surface area contributed by atoms with E-state index in [9.17, 15) is 0 Å². The van der Waals surface area contributed by atoms with E-state index < -0.39 is 0 Å². The number of anilines is 1. The summed E-state index contributed by atoms with van der Waals surface area (Å²) in [6.07, 6.45) is 0.968. The van der Waals surface area contributed by atoms with Crippen molar-refractivity contribution in [1.29, 1.82) is 0 Å². The van der Waals surface area contributed by atoms with Gasteiger partial charge in [-0.05, 0) is 71.5 Å². The zero-order valence-corrected chi connectivity index (χ0v) is 18.3. The molecule has 2 aromatic carbocycles. The van der Waals surface area contributed by atoms with E-state index in [2.05, 4.69) is 33.8 Å². The number of hydrogen-bond acceptors (Lipinski definition) is 3. The standard InChI is InChI=1S/C21H18Cl2N2OS2/c1-26-15-5-2-13(3-6-15)20-16-9-11-28-19(16)8-10-25(20)21(27)24-18-7-4-14(22)12-17(18)23/h2-7,9,11-12,20H,8,10H2,1H3,(H,24,27)/t20-/m1/s1. The lowest BCUT2D eigenvalue weighted by Crippen LogP contribution is -2.42. The minimum atomic E-state index is 0.0481. The molecule has 1 N–H and O–H groups in total. The molecule has 0 unspecified atom stereocenters. The van der Waals surface area contributed by atoms with Crippen molar-refractivity contribution in [1.82, 2.24) is 4.90 Å². The first-order valence-corrected chi connectivity index (χ1v) is 10.8. The number of nitrogens with zero attached hydrogens (tertiary/aromatic N) is 1. The van der Waals surface area contributed by atoms with E-state index in [1.807, 2.05) is 18.2 Å². The molecule has 2 heterocycles. The molecule has 1 aliphatic heterocycles. The first-order valence-electron chi connectivity index (χ1n) is 8.79. The molecule has 4 rings (SSSR count). The number of thiophene rings is 1. The number of ether oxygens (including phenoxy) is 1. The molecule has 0 radical (unpaired) electrons. The van der Waals surface area contributed by atoms with E-state index in [0.29, 0.717) is 15.2 Å². The molecule has 1 aliphatic rings. The van der Waals surface area contributed by atoms with Crippen molar-refractivity contribution in [3.8, 4) is 5.75 Å². The maximum Gasteiger partial charge on any atom is 0.174 e. The Bertz CT molecular complexity index is 1000. The zero-order valence-electron chi connectivity index (χ0n) is 15.1. The van der Waals surface area contributed by atoms with Gasteiger partial charge in [-0.3, -0.25) is 0 Å². The number of hydrogen-bond donors (Lipinski definition) is 1. The lowest BCUT2D eigenvalue weighted by atomic mass is 9.93. The number of benzene rings is 2. The van der Waals surface area contributed by atoms with Crippen LogP contribution in [-0.4, -0.2) is 23.7 Å². The van der Waals surface area contributed by atoms with Crippen LogP contribution in [0.4, 0.5) is 5.69 Å². The van der Waals surface area contributed by atoms with Gasteiger partial charge in [0.05, 0.1) is 23.9 Å². The Morgan fingerprint density at radius 2 is 1.96 bits per heavy atom. The van der Waals surface area contributed by atoms with E-state index in [1.54, 1.807) is 30.6 Å². The molecular weight excluding hydrogens is 431 g/mol. The molecule has 1 atom stereocenters. The van der Waals surface area contributed by atoms with E-state index >= 15 is 0 Å². The maximum absolute atomic E-state index is 6.33. The van der Waals surface area contributed by atoms with Crippen LogP contribution in [0.15, 0.2) is 53.9 Å². The van der Waals surface area contributed by atoms with E-state index in [0.717, 1.165) is 24.4 Å². The van der Waals surface area contributed by atoms with Crippen molar-refractivity contribution in [3.05, 3.63) is 80.0 Å². The third-order valence-corrected chi connectivity index (χ3v) is 6.71. The first-order chi connectivity index (χ1) is 13.6. The Kier molecular flexibility index (Phi) is 5.78. The summed E-state index contributed by atoms with van der Waals surface area (Å²) in [5.74, 6) is 0.838. The molecule has 0 fully saturated rings. The molecule has 0 saturated heterocycles. The molecule has 0 saturated carbocycles. The summed E-state index contributed by atoms with van der Waals surface area (Å²) in [7, 11) is 1.67. The lowest BCUT2D eigenvalue weighted by Gasteiger charge is -2.38. The number of rotatable bonds is 3. The van der Waals surface area contributed by atoms with Gasteiger partial charge >= 0.3 is 0 Å². The fourth-order valence-corrected chi connectivity index (χ4v) is 5.12. The predicted octanol–water partition coefficient (Wildman–Crippen LogP) is 6.41. The van der Waals surface area contributed by atoms with Crippen LogP contribution < -0.4 is 10.1 Å². The average molecular weight is 449 g/mol. The summed E-state index contributed by atoms with van der Waals surface area (Å²) in [4.78, 5) is 3.63. The van der Waals surface area contributed by atoms with Crippen LogP contribution in [0.2, 0.25) is 10.0 Å². The molecule has 144 valence electrons. The Labute approximate surface area is 183 Å². The van der Waals surface area contributed by atoms with Gasteiger partial charge in [-0.2, -0.15) is 0 Å². The highest BCUT2D eigenvalue weighted by atomic mass is 35.5. The fraction of sp³-hybridized carbons (Fsp3) is 0.190. The second-order valence-electron chi connectivity index (χ2n) is 6.47. The number of halogens is 2. The van der Waals surface area contributed by atoms with Crippen molar-refractivity contribution in [2.24, 2.45) is 0 Å². The minimum Gasteiger partial charge on any atom is -0.497 e. The van der Waals surface area contributed by atoms with Crippen molar-refractivity contribution < 1.29 is 4.74 Å². The van der Waals surface area contributed by atoms with Gasteiger partial charge in [0.15, 0.2) is 5.11 Å². The third kappa shape index (κ3) is 3.85. The first kappa shape index (κ1) is 19.5. The summed E-state index contributed by atoms with van der Waals surface area (Å²) in [6.45, 7) is 0.835. The molecule has 0 amide bonds. The van der Waals surface area contributed by atoms with Crippen LogP contribution in [0.3, 0.4) is 0 Å². The molecule has 28 heavy (non-hydrogen) atoms. The Morgan fingerprint density at radius 3 is 2.68 bits per heavy atom. The van der Waals surface area contributed by atoms with Crippen LogP contribution in [0, 0.1) is 0 Å². The fourth-order valence-electron chi connectivity index (χ4n) is 3.46. The van der Waals surface area contributed by atoms with Crippen molar-refractivity contribution in [2.75, 3.05) is 19.0 Å². The third-order valence-electron chi connectivity index (χ3n) is 4.83. The van der Waals surface area contributed by atoms with Crippen LogP contribution in [0.5, 0.6) is 5.75 Å². The van der Waals surface area contributed by atoms with E-state index in [4.69, 9.17) is 40.2 Å². The van der Waals surface area contributed by atoms with Gasteiger partial charge in [-0.15, -0.1) is 11.3 Å². The molecule has 0 spiro atoms. The number of fused-ring (bicyclic) bond motifs is 1. The Hall–Kier alpha value is -1.79. The second-order valence-corrected chi connectivity index (χ2v) is 8.70. The van der Waals surface area contributed by atoms with Gasteiger partial charge in [-0.25, -0.2) is 0 Å². The average Bonchev–Trinajstić information content (AvgIpc) is 3.18. The van der Waals surface area contributed by atoms with Gasteiger partial charge in [0.1, 0.15) is 5.75 Å².